The lowest BCUT2D eigenvalue weighted by molar-refractivity contribution is -0.124. The van der Waals surface area contributed by atoms with Gasteiger partial charge in [0.25, 0.3) is 0 Å². The van der Waals surface area contributed by atoms with Gasteiger partial charge in [-0.2, -0.15) is 0 Å². The molecule has 0 aliphatic carbocycles. The van der Waals surface area contributed by atoms with Crippen LogP contribution in [0.1, 0.15) is 30.9 Å². The van der Waals surface area contributed by atoms with Crippen molar-refractivity contribution in [3.05, 3.63) is 71.2 Å². The van der Waals surface area contributed by atoms with E-state index in [-0.39, 0.29) is 11.8 Å². The lowest BCUT2D eigenvalue weighted by atomic mass is 9.70. The molecule has 2 heterocycles. The first-order valence-corrected chi connectivity index (χ1v) is 9.83. The van der Waals surface area contributed by atoms with Crippen molar-refractivity contribution in [3.8, 4) is 0 Å². The summed E-state index contributed by atoms with van der Waals surface area (Å²) in [6.45, 7) is 4.04. The quantitative estimate of drug-likeness (QED) is 0.674. The predicted octanol–water partition coefficient (Wildman–Crippen LogP) is 5.40. The molecule has 25 heavy (non-hydrogen) atoms. The van der Waals surface area contributed by atoms with Gasteiger partial charge in [-0.1, -0.05) is 62.0 Å². The number of anilines is 1. The number of nitrogens with zero attached hydrogens (tertiary/aromatic N) is 1. The SMILES string of the molecule is CC(C)(C(=O)Nc1nccs1)C1c2ccccc2Sc2ccccc21. The second-order valence-corrected chi connectivity index (χ2v) is 8.60. The second-order valence-electron chi connectivity index (χ2n) is 6.62. The highest BCUT2D eigenvalue weighted by molar-refractivity contribution is 7.99. The van der Waals surface area contributed by atoms with Crippen LogP contribution in [0.5, 0.6) is 0 Å². The molecule has 0 unspecified atom stereocenters. The number of carbonyl (C=O) groups is 1. The number of aromatic nitrogens is 1. The highest BCUT2D eigenvalue weighted by atomic mass is 32.2. The van der Waals surface area contributed by atoms with Gasteiger partial charge in [-0.05, 0) is 23.3 Å². The van der Waals surface area contributed by atoms with Crippen molar-refractivity contribution in [1.29, 1.82) is 0 Å². The van der Waals surface area contributed by atoms with Crippen LogP contribution in [0.4, 0.5) is 5.13 Å². The monoisotopic (exact) mass is 366 g/mol. The summed E-state index contributed by atoms with van der Waals surface area (Å²) in [5.74, 6) is -0.00920. The van der Waals surface area contributed by atoms with Gasteiger partial charge in [0.15, 0.2) is 5.13 Å². The molecule has 3 aromatic rings. The Labute approximate surface area is 155 Å². The smallest absolute Gasteiger partial charge is 0.232 e. The maximum atomic E-state index is 13.1. The molecule has 2 aromatic carbocycles. The third kappa shape index (κ3) is 2.87. The Morgan fingerprint density at radius 1 is 1.04 bits per heavy atom. The van der Waals surface area contributed by atoms with E-state index >= 15 is 0 Å². The summed E-state index contributed by atoms with van der Waals surface area (Å²) in [5, 5.41) is 5.49. The van der Waals surface area contributed by atoms with Crippen molar-refractivity contribution in [2.75, 3.05) is 5.32 Å². The number of amides is 1. The minimum atomic E-state index is -0.612. The summed E-state index contributed by atoms with van der Waals surface area (Å²) in [6.07, 6.45) is 1.70. The Morgan fingerprint density at radius 3 is 2.20 bits per heavy atom. The maximum Gasteiger partial charge on any atom is 0.232 e. The van der Waals surface area contributed by atoms with Crippen molar-refractivity contribution < 1.29 is 4.79 Å². The molecule has 3 nitrogen and oxygen atoms in total. The molecule has 0 fully saturated rings. The van der Waals surface area contributed by atoms with Crippen molar-refractivity contribution in [2.45, 2.75) is 29.6 Å². The van der Waals surface area contributed by atoms with Gasteiger partial charge in [0, 0.05) is 27.3 Å². The lowest BCUT2D eigenvalue weighted by Gasteiger charge is -2.38. The van der Waals surface area contributed by atoms with Crippen LogP contribution >= 0.6 is 23.1 Å². The van der Waals surface area contributed by atoms with Gasteiger partial charge in [-0.25, -0.2) is 4.98 Å². The van der Waals surface area contributed by atoms with E-state index in [0.717, 1.165) is 0 Å². The van der Waals surface area contributed by atoms with E-state index in [2.05, 4.69) is 58.8 Å². The van der Waals surface area contributed by atoms with Crippen molar-refractivity contribution in [2.24, 2.45) is 5.41 Å². The zero-order chi connectivity index (χ0) is 17.4. The van der Waals surface area contributed by atoms with Crippen molar-refractivity contribution >= 4 is 34.1 Å². The number of nitrogens with one attached hydrogen (secondary N) is 1. The molecular formula is C20H18N2OS2. The molecule has 5 heteroatoms. The van der Waals surface area contributed by atoms with Crippen molar-refractivity contribution in [1.82, 2.24) is 4.98 Å². The first-order valence-electron chi connectivity index (χ1n) is 8.14. The molecule has 0 radical (unpaired) electrons. The van der Waals surface area contributed by atoms with Gasteiger partial charge in [-0.15, -0.1) is 11.3 Å². The Kier molecular flexibility index (Phi) is 4.13. The summed E-state index contributed by atoms with van der Waals surface area (Å²) in [4.78, 5) is 19.7. The first-order chi connectivity index (χ1) is 12.1. The average molecular weight is 367 g/mol. The topological polar surface area (TPSA) is 42.0 Å². The van der Waals surface area contributed by atoms with E-state index in [1.807, 2.05) is 19.2 Å². The average Bonchev–Trinajstić information content (AvgIpc) is 3.12. The number of thiazole rings is 1. The normalized spacial score (nSPS) is 13.8. The van der Waals surface area contributed by atoms with Crippen LogP contribution in [0.25, 0.3) is 0 Å². The molecule has 0 atom stereocenters. The zero-order valence-electron chi connectivity index (χ0n) is 14.0. The fourth-order valence-corrected chi connectivity index (χ4v) is 5.02. The largest absolute Gasteiger partial charge is 0.301 e. The van der Waals surface area contributed by atoms with E-state index in [4.69, 9.17) is 0 Å². The molecule has 0 spiro atoms. The molecule has 1 aromatic heterocycles. The number of benzene rings is 2. The lowest BCUT2D eigenvalue weighted by Crippen LogP contribution is -2.38. The van der Waals surface area contributed by atoms with Gasteiger partial charge in [0.2, 0.25) is 5.91 Å². The number of fused-ring (bicyclic) bond motifs is 2. The van der Waals surface area contributed by atoms with Crippen LogP contribution in [0.15, 0.2) is 69.9 Å². The molecule has 1 N–H and O–H groups in total. The fraction of sp³-hybridized carbons (Fsp3) is 0.200. The summed E-state index contributed by atoms with van der Waals surface area (Å²) >= 11 is 3.22. The molecule has 126 valence electrons. The standard InChI is InChI=1S/C20H18N2OS2/c1-20(2,18(23)22-19-21-11-12-24-19)17-13-7-3-5-9-15(13)25-16-10-6-4-8-14(16)17/h3-12,17H,1-2H3,(H,21,22,23). The van der Waals surface area contributed by atoms with Crippen LogP contribution in [0.2, 0.25) is 0 Å². The number of hydrogen-bond donors (Lipinski definition) is 1. The minimum absolute atomic E-state index is 0.00103. The minimum Gasteiger partial charge on any atom is -0.301 e. The summed E-state index contributed by atoms with van der Waals surface area (Å²) in [5.41, 5.74) is 1.81. The van der Waals surface area contributed by atoms with Crippen molar-refractivity contribution in [3.63, 3.8) is 0 Å². The van der Waals surface area contributed by atoms with Gasteiger partial charge >= 0.3 is 0 Å². The number of hydrogen-bond acceptors (Lipinski definition) is 4. The van der Waals surface area contributed by atoms with Crippen LogP contribution in [0, 0.1) is 5.41 Å². The summed E-state index contributed by atoms with van der Waals surface area (Å²) < 4.78 is 0. The summed E-state index contributed by atoms with van der Waals surface area (Å²) in [7, 11) is 0. The third-order valence-corrected chi connectivity index (χ3v) is 6.51. The molecular weight excluding hydrogens is 348 g/mol. The number of carbonyl (C=O) groups excluding carboxylic acids is 1. The third-order valence-electron chi connectivity index (χ3n) is 4.64. The molecule has 1 aliphatic rings. The molecule has 0 saturated heterocycles. The second kappa shape index (κ2) is 6.32. The highest BCUT2D eigenvalue weighted by Gasteiger charge is 2.42. The van der Waals surface area contributed by atoms with Gasteiger partial charge in [0.1, 0.15) is 0 Å². The van der Waals surface area contributed by atoms with E-state index in [1.54, 1.807) is 18.0 Å². The van der Waals surface area contributed by atoms with E-state index in [0.29, 0.717) is 5.13 Å². The summed E-state index contributed by atoms with van der Waals surface area (Å²) in [6, 6.07) is 16.8. The first kappa shape index (κ1) is 16.4. The van der Waals surface area contributed by atoms with Crippen LogP contribution in [-0.4, -0.2) is 10.9 Å². The zero-order valence-corrected chi connectivity index (χ0v) is 15.7. The maximum absolute atomic E-state index is 13.1. The Balaban J connectivity index is 1.79. The van der Waals surface area contributed by atoms with Gasteiger partial charge < -0.3 is 5.32 Å². The molecule has 0 saturated carbocycles. The predicted molar refractivity (Wildman–Crippen MR) is 103 cm³/mol. The molecule has 1 amide bonds. The Hall–Kier alpha value is -2.11. The highest BCUT2D eigenvalue weighted by Crippen LogP contribution is 2.52. The molecule has 0 bridgehead atoms. The van der Waals surface area contributed by atoms with Crippen LogP contribution in [-0.2, 0) is 4.79 Å². The van der Waals surface area contributed by atoms with E-state index in [9.17, 15) is 4.79 Å². The Bertz CT molecular complexity index is 873. The molecule has 4 rings (SSSR count). The van der Waals surface area contributed by atoms with E-state index in [1.165, 1.54) is 32.3 Å². The van der Waals surface area contributed by atoms with Gasteiger partial charge in [0.05, 0.1) is 5.41 Å². The van der Waals surface area contributed by atoms with Crippen LogP contribution in [0.3, 0.4) is 0 Å². The Morgan fingerprint density at radius 2 is 1.64 bits per heavy atom. The molecule has 1 aliphatic heterocycles. The van der Waals surface area contributed by atoms with Gasteiger partial charge in [-0.3, -0.25) is 4.79 Å². The number of rotatable bonds is 3. The van der Waals surface area contributed by atoms with E-state index < -0.39 is 5.41 Å². The van der Waals surface area contributed by atoms with Crippen LogP contribution < -0.4 is 5.32 Å². The fourth-order valence-electron chi connectivity index (χ4n) is 3.36.